The van der Waals surface area contributed by atoms with Gasteiger partial charge in [0.2, 0.25) is 5.95 Å². The normalized spacial score (nSPS) is 17.1. The van der Waals surface area contributed by atoms with Crippen LogP contribution >= 0.6 is 0 Å². The summed E-state index contributed by atoms with van der Waals surface area (Å²) < 4.78 is 13.0. The monoisotopic (exact) mass is 382 g/mol. The number of ether oxygens (including phenoxy) is 2. The maximum atomic E-state index is 6.26. The molecule has 1 atom stereocenters. The zero-order chi connectivity index (χ0) is 19.7. The molecule has 3 aromatic rings. The highest BCUT2D eigenvalue weighted by atomic mass is 16.5. The summed E-state index contributed by atoms with van der Waals surface area (Å²) in [6.45, 7) is 4.80. The number of hydrogen-bond acceptors (Lipinski definition) is 7. The molecular weight excluding hydrogens is 356 g/mol. The second kappa shape index (κ2) is 7.53. The van der Waals surface area contributed by atoms with E-state index in [0.717, 1.165) is 49.2 Å². The Kier molecular flexibility index (Phi) is 4.93. The lowest BCUT2D eigenvalue weighted by Gasteiger charge is -2.32. The molecular formula is C20H26N6O2. The van der Waals surface area contributed by atoms with Gasteiger partial charge in [0.05, 0.1) is 19.7 Å². The molecule has 2 N–H and O–H groups in total. The fourth-order valence-electron chi connectivity index (χ4n) is 3.93. The predicted molar refractivity (Wildman–Crippen MR) is 109 cm³/mol. The van der Waals surface area contributed by atoms with Gasteiger partial charge in [-0.2, -0.15) is 4.98 Å². The number of benzene rings is 1. The molecule has 0 spiro atoms. The number of methoxy groups -OCH3 is 2. The molecule has 2 aromatic heterocycles. The number of aromatic nitrogens is 4. The Hall–Kier alpha value is -3.03. The van der Waals surface area contributed by atoms with Gasteiger partial charge < -0.3 is 24.7 Å². The van der Waals surface area contributed by atoms with Crippen molar-refractivity contribution in [3.05, 3.63) is 30.4 Å². The second-order valence-corrected chi connectivity index (χ2v) is 6.99. The maximum absolute atomic E-state index is 6.26. The van der Waals surface area contributed by atoms with Crippen molar-refractivity contribution in [3.8, 4) is 11.5 Å². The number of fused-ring (bicyclic) bond motifs is 1. The topological polar surface area (TPSA) is 91.3 Å². The summed E-state index contributed by atoms with van der Waals surface area (Å²) in [5.74, 6) is 3.82. The minimum atomic E-state index is 0.356. The summed E-state index contributed by atoms with van der Waals surface area (Å²) >= 11 is 0. The molecule has 28 heavy (non-hydrogen) atoms. The van der Waals surface area contributed by atoms with E-state index >= 15 is 0 Å². The third-order valence-corrected chi connectivity index (χ3v) is 5.38. The van der Waals surface area contributed by atoms with Gasteiger partial charge in [-0.05, 0) is 25.8 Å². The van der Waals surface area contributed by atoms with Gasteiger partial charge in [0, 0.05) is 49.4 Å². The lowest BCUT2D eigenvalue weighted by Crippen LogP contribution is -2.36. The maximum Gasteiger partial charge on any atom is 0.227 e. The molecule has 4 rings (SSSR count). The van der Waals surface area contributed by atoms with E-state index in [2.05, 4.69) is 26.4 Å². The Morgan fingerprint density at radius 3 is 2.71 bits per heavy atom. The summed E-state index contributed by atoms with van der Waals surface area (Å²) in [5.41, 5.74) is 7.01. The van der Waals surface area contributed by atoms with Crippen molar-refractivity contribution < 1.29 is 9.47 Å². The van der Waals surface area contributed by atoms with Crippen LogP contribution in [0, 0.1) is 0 Å². The highest BCUT2D eigenvalue weighted by Crippen LogP contribution is 2.35. The van der Waals surface area contributed by atoms with Crippen LogP contribution in [0.1, 0.15) is 31.5 Å². The average molecular weight is 382 g/mol. The third kappa shape index (κ3) is 3.19. The third-order valence-electron chi connectivity index (χ3n) is 5.38. The van der Waals surface area contributed by atoms with Crippen LogP contribution in [0.3, 0.4) is 0 Å². The van der Waals surface area contributed by atoms with Crippen molar-refractivity contribution in [2.24, 2.45) is 0 Å². The SMILES string of the molecule is CCn1ccnc1C1CCCN(c2nc(N)c3cc(OC)c(OC)cc3n2)C1. The lowest BCUT2D eigenvalue weighted by atomic mass is 9.97. The number of nitrogens with two attached hydrogens (primary N) is 1. The van der Waals surface area contributed by atoms with Crippen molar-refractivity contribution in [1.82, 2.24) is 19.5 Å². The van der Waals surface area contributed by atoms with Gasteiger partial charge in [-0.15, -0.1) is 0 Å². The van der Waals surface area contributed by atoms with Gasteiger partial charge >= 0.3 is 0 Å². The van der Waals surface area contributed by atoms with Crippen LogP contribution in [0.2, 0.25) is 0 Å². The molecule has 3 heterocycles. The van der Waals surface area contributed by atoms with Crippen LogP contribution in [-0.4, -0.2) is 46.8 Å². The summed E-state index contributed by atoms with van der Waals surface area (Å²) in [5, 5.41) is 0.761. The van der Waals surface area contributed by atoms with Gasteiger partial charge in [0.15, 0.2) is 11.5 Å². The first kappa shape index (κ1) is 18.3. The van der Waals surface area contributed by atoms with E-state index in [1.54, 1.807) is 14.2 Å². The highest BCUT2D eigenvalue weighted by molar-refractivity contribution is 5.91. The van der Waals surface area contributed by atoms with E-state index in [9.17, 15) is 0 Å². The smallest absolute Gasteiger partial charge is 0.227 e. The van der Waals surface area contributed by atoms with Crippen LogP contribution in [0.25, 0.3) is 10.9 Å². The van der Waals surface area contributed by atoms with E-state index in [0.29, 0.717) is 29.2 Å². The number of imidazole rings is 1. The molecule has 1 saturated heterocycles. The molecule has 1 aliphatic rings. The standard InChI is InChI=1S/C20H26N6O2/c1-4-25-9-7-22-19(25)13-6-5-8-26(12-13)20-23-15-11-17(28-3)16(27-2)10-14(15)18(21)24-20/h7,9-11,13H,4-6,8,12H2,1-3H3,(H2,21,23,24). The second-order valence-electron chi connectivity index (χ2n) is 6.99. The van der Waals surface area contributed by atoms with E-state index in [1.165, 1.54) is 0 Å². The van der Waals surface area contributed by atoms with Crippen molar-refractivity contribution in [2.45, 2.75) is 32.2 Å². The Labute approximate surface area is 164 Å². The first-order valence-corrected chi connectivity index (χ1v) is 9.59. The quantitative estimate of drug-likeness (QED) is 0.725. The number of hydrogen-bond donors (Lipinski definition) is 1. The van der Waals surface area contributed by atoms with Gasteiger partial charge in [0.25, 0.3) is 0 Å². The lowest BCUT2D eigenvalue weighted by molar-refractivity contribution is 0.356. The van der Waals surface area contributed by atoms with Crippen LogP contribution in [-0.2, 0) is 6.54 Å². The molecule has 0 amide bonds. The zero-order valence-electron chi connectivity index (χ0n) is 16.6. The predicted octanol–water partition coefficient (Wildman–Crippen LogP) is 2.83. The molecule has 0 radical (unpaired) electrons. The summed E-state index contributed by atoms with van der Waals surface area (Å²) in [6.07, 6.45) is 6.09. The van der Waals surface area contributed by atoms with E-state index in [-0.39, 0.29) is 0 Å². The number of rotatable bonds is 5. The average Bonchev–Trinajstić information content (AvgIpc) is 3.21. The summed E-state index contributed by atoms with van der Waals surface area (Å²) in [4.78, 5) is 16.1. The molecule has 148 valence electrons. The molecule has 0 aliphatic carbocycles. The number of piperidine rings is 1. The molecule has 1 unspecified atom stereocenters. The number of aryl methyl sites for hydroxylation is 1. The van der Waals surface area contributed by atoms with Crippen molar-refractivity contribution >= 4 is 22.7 Å². The number of nitrogens with zero attached hydrogens (tertiary/aromatic N) is 5. The molecule has 1 aliphatic heterocycles. The molecule has 0 bridgehead atoms. The minimum Gasteiger partial charge on any atom is -0.493 e. The fraction of sp³-hybridized carbons (Fsp3) is 0.450. The van der Waals surface area contributed by atoms with E-state index in [1.807, 2.05) is 24.5 Å². The Balaban J connectivity index is 1.68. The molecule has 8 heteroatoms. The molecule has 1 fully saturated rings. The van der Waals surface area contributed by atoms with Crippen molar-refractivity contribution in [1.29, 1.82) is 0 Å². The van der Waals surface area contributed by atoms with Gasteiger partial charge in [-0.3, -0.25) is 0 Å². The van der Waals surface area contributed by atoms with Gasteiger partial charge in [0.1, 0.15) is 11.6 Å². The Morgan fingerprint density at radius 2 is 1.96 bits per heavy atom. The van der Waals surface area contributed by atoms with Crippen LogP contribution in [0.5, 0.6) is 11.5 Å². The first-order valence-electron chi connectivity index (χ1n) is 9.59. The van der Waals surface area contributed by atoms with Crippen LogP contribution < -0.4 is 20.1 Å². The molecule has 8 nitrogen and oxygen atoms in total. The van der Waals surface area contributed by atoms with E-state index in [4.69, 9.17) is 20.2 Å². The fourth-order valence-corrected chi connectivity index (χ4v) is 3.93. The Morgan fingerprint density at radius 1 is 1.18 bits per heavy atom. The molecule has 1 aromatic carbocycles. The number of anilines is 2. The summed E-state index contributed by atoms with van der Waals surface area (Å²) in [7, 11) is 3.21. The minimum absolute atomic E-state index is 0.356. The van der Waals surface area contributed by atoms with Crippen LogP contribution in [0.15, 0.2) is 24.5 Å². The summed E-state index contributed by atoms with van der Waals surface area (Å²) in [6, 6.07) is 3.67. The van der Waals surface area contributed by atoms with Crippen molar-refractivity contribution in [3.63, 3.8) is 0 Å². The van der Waals surface area contributed by atoms with Crippen molar-refractivity contribution in [2.75, 3.05) is 37.9 Å². The van der Waals surface area contributed by atoms with Gasteiger partial charge in [-0.1, -0.05) is 0 Å². The molecule has 0 saturated carbocycles. The Bertz CT molecular complexity index is 986. The van der Waals surface area contributed by atoms with E-state index < -0.39 is 0 Å². The number of nitrogen functional groups attached to an aromatic ring is 1. The zero-order valence-corrected chi connectivity index (χ0v) is 16.6. The highest BCUT2D eigenvalue weighted by Gasteiger charge is 2.26. The largest absolute Gasteiger partial charge is 0.493 e. The van der Waals surface area contributed by atoms with Gasteiger partial charge in [-0.25, -0.2) is 9.97 Å². The first-order chi connectivity index (χ1) is 13.6. The van der Waals surface area contributed by atoms with Crippen LogP contribution in [0.4, 0.5) is 11.8 Å².